The summed E-state index contributed by atoms with van der Waals surface area (Å²) in [6, 6.07) is 13.9. The van der Waals surface area contributed by atoms with Crippen molar-refractivity contribution in [3.63, 3.8) is 0 Å². The molecule has 0 aliphatic rings. The lowest BCUT2D eigenvalue weighted by Crippen LogP contribution is -2.13. The maximum Gasteiger partial charge on any atom is 0.205 e. The highest BCUT2D eigenvalue weighted by Gasteiger charge is 2.10. The number of benzene rings is 1. The van der Waals surface area contributed by atoms with Crippen LogP contribution in [0.25, 0.3) is 17.2 Å². The van der Waals surface area contributed by atoms with Gasteiger partial charge in [0.1, 0.15) is 0 Å². The molecule has 3 aromatic rings. The number of nitrogens with zero attached hydrogens (tertiary/aromatic N) is 5. The number of hydrogen-bond acceptors (Lipinski definition) is 5. The largest absolute Gasteiger partial charge is 0.313 e. The average Bonchev–Trinajstić information content (AvgIpc) is 3.05. The van der Waals surface area contributed by atoms with Crippen LogP contribution in [0.2, 0.25) is 0 Å². The van der Waals surface area contributed by atoms with E-state index in [0.29, 0.717) is 11.6 Å². The van der Waals surface area contributed by atoms with Gasteiger partial charge in [0.05, 0.1) is 0 Å². The molecule has 1 N–H and O–H groups in total. The average molecular weight is 280 g/mol. The molecule has 2 aromatic heterocycles. The molecule has 0 aliphatic carbocycles. The molecule has 0 bridgehead atoms. The van der Waals surface area contributed by atoms with Crippen LogP contribution >= 0.6 is 0 Å². The predicted molar refractivity (Wildman–Crippen MR) is 79.9 cm³/mol. The molecule has 1 atom stereocenters. The predicted octanol–water partition coefficient (Wildman–Crippen LogP) is 2.00. The van der Waals surface area contributed by atoms with Crippen LogP contribution in [0.5, 0.6) is 0 Å². The first-order chi connectivity index (χ1) is 10.3. The fourth-order valence-corrected chi connectivity index (χ4v) is 1.99. The van der Waals surface area contributed by atoms with E-state index >= 15 is 0 Å². The van der Waals surface area contributed by atoms with Gasteiger partial charge >= 0.3 is 0 Å². The van der Waals surface area contributed by atoms with E-state index in [2.05, 4.69) is 32.6 Å². The van der Waals surface area contributed by atoms with Gasteiger partial charge in [-0.3, -0.25) is 0 Å². The Hall–Kier alpha value is -2.60. The fraction of sp³-hybridized carbons (Fsp3) is 0.200. The van der Waals surface area contributed by atoms with Crippen molar-refractivity contribution >= 4 is 0 Å². The van der Waals surface area contributed by atoms with Crippen LogP contribution in [0.15, 0.2) is 48.7 Å². The third-order valence-corrected chi connectivity index (χ3v) is 3.35. The molecule has 21 heavy (non-hydrogen) atoms. The Morgan fingerprint density at radius 2 is 1.95 bits per heavy atom. The standard InChI is InChI=1S/C15H16N6/c1-11(16-2)13-8-9-17-14(10-13)21-19-15(18-20-21)12-6-4-3-5-7-12/h3-11,16H,1-2H3. The van der Waals surface area contributed by atoms with Crippen LogP contribution in [-0.2, 0) is 0 Å². The molecule has 0 aliphatic heterocycles. The van der Waals surface area contributed by atoms with Gasteiger partial charge in [0.25, 0.3) is 0 Å². The zero-order chi connectivity index (χ0) is 14.7. The molecule has 0 amide bonds. The smallest absolute Gasteiger partial charge is 0.205 e. The lowest BCUT2D eigenvalue weighted by Gasteiger charge is -2.10. The molecule has 0 saturated carbocycles. The Morgan fingerprint density at radius 3 is 2.71 bits per heavy atom. The Balaban J connectivity index is 1.93. The molecule has 0 spiro atoms. The minimum Gasteiger partial charge on any atom is -0.313 e. The molecule has 3 rings (SSSR count). The Labute approximate surface area is 122 Å². The second-order valence-electron chi connectivity index (χ2n) is 4.73. The van der Waals surface area contributed by atoms with E-state index in [0.717, 1.165) is 11.1 Å². The van der Waals surface area contributed by atoms with Crippen molar-refractivity contribution in [1.82, 2.24) is 30.5 Å². The Bertz CT molecular complexity index is 722. The number of hydrogen-bond donors (Lipinski definition) is 1. The summed E-state index contributed by atoms with van der Waals surface area (Å²) >= 11 is 0. The van der Waals surface area contributed by atoms with Gasteiger partial charge in [0, 0.05) is 17.8 Å². The molecule has 2 heterocycles. The fourth-order valence-electron chi connectivity index (χ4n) is 1.99. The molecular formula is C15H16N6. The highest BCUT2D eigenvalue weighted by atomic mass is 15.6. The van der Waals surface area contributed by atoms with Crippen molar-refractivity contribution in [1.29, 1.82) is 0 Å². The summed E-state index contributed by atoms with van der Waals surface area (Å²) in [4.78, 5) is 5.76. The summed E-state index contributed by atoms with van der Waals surface area (Å²) in [7, 11) is 1.92. The highest BCUT2D eigenvalue weighted by molar-refractivity contribution is 5.53. The molecule has 6 nitrogen and oxygen atoms in total. The molecule has 0 saturated heterocycles. The first-order valence-corrected chi connectivity index (χ1v) is 6.77. The summed E-state index contributed by atoms with van der Waals surface area (Å²) in [5.74, 6) is 1.24. The van der Waals surface area contributed by atoms with Crippen LogP contribution in [0.4, 0.5) is 0 Å². The van der Waals surface area contributed by atoms with E-state index in [1.165, 1.54) is 4.80 Å². The summed E-state index contributed by atoms with van der Waals surface area (Å²) in [6.07, 6.45) is 1.75. The van der Waals surface area contributed by atoms with Crippen molar-refractivity contribution in [2.45, 2.75) is 13.0 Å². The second kappa shape index (κ2) is 5.80. The molecule has 0 fully saturated rings. The Morgan fingerprint density at radius 1 is 1.14 bits per heavy atom. The molecule has 106 valence electrons. The third-order valence-electron chi connectivity index (χ3n) is 3.35. The summed E-state index contributed by atoms with van der Waals surface area (Å²) < 4.78 is 0. The zero-order valence-corrected chi connectivity index (χ0v) is 11.9. The topological polar surface area (TPSA) is 68.5 Å². The SMILES string of the molecule is CNC(C)c1ccnc(-n2nnc(-c3ccccc3)n2)c1. The normalized spacial score (nSPS) is 12.3. The van der Waals surface area contributed by atoms with E-state index in [9.17, 15) is 0 Å². The minimum atomic E-state index is 0.240. The maximum absolute atomic E-state index is 4.39. The van der Waals surface area contributed by atoms with Crippen LogP contribution in [0.1, 0.15) is 18.5 Å². The molecule has 1 unspecified atom stereocenters. The lowest BCUT2D eigenvalue weighted by molar-refractivity contribution is 0.644. The monoisotopic (exact) mass is 280 g/mol. The number of tetrazole rings is 1. The van der Waals surface area contributed by atoms with Gasteiger partial charge in [-0.15, -0.1) is 15.0 Å². The van der Waals surface area contributed by atoms with Crippen LogP contribution in [0.3, 0.4) is 0 Å². The van der Waals surface area contributed by atoms with Gasteiger partial charge in [0.15, 0.2) is 5.82 Å². The van der Waals surface area contributed by atoms with Crippen molar-refractivity contribution in [2.75, 3.05) is 7.05 Å². The minimum absolute atomic E-state index is 0.240. The molecule has 0 radical (unpaired) electrons. The van der Waals surface area contributed by atoms with Gasteiger partial charge in [-0.25, -0.2) is 4.98 Å². The van der Waals surface area contributed by atoms with Crippen molar-refractivity contribution in [3.8, 4) is 17.2 Å². The number of nitrogens with one attached hydrogen (secondary N) is 1. The van der Waals surface area contributed by atoms with E-state index in [4.69, 9.17) is 0 Å². The summed E-state index contributed by atoms with van der Waals surface area (Å²) in [5.41, 5.74) is 2.06. The number of aromatic nitrogens is 5. The van der Waals surface area contributed by atoms with E-state index < -0.39 is 0 Å². The van der Waals surface area contributed by atoms with E-state index in [-0.39, 0.29) is 6.04 Å². The first-order valence-electron chi connectivity index (χ1n) is 6.77. The number of rotatable bonds is 4. The van der Waals surface area contributed by atoms with Gasteiger partial charge in [-0.1, -0.05) is 30.3 Å². The van der Waals surface area contributed by atoms with Crippen LogP contribution < -0.4 is 5.32 Å². The Kier molecular flexibility index (Phi) is 3.70. The van der Waals surface area contributed by atoms with Crippen molar-refractivity contribution in [2.24, 2.45) is 0 Å². The van der Waals surface area contributed by atoms with E-state index in [1.807, 2.05) is 49.5 Å². The second-order valence-corrected chi connectivity index (χ2v) is 4.73. The summed E-state index contributed by atoms with van der Waals surface area (Å²) in [5, 5.41) is 15.8. The quantitative estimate of drug-likeness (QED) is 0.791. The van der Waals surface area contributed by atoms with E-state index in [1.54, 1.807) is 6.20 Å². The molecular weight excluding hydrogens is 264 g/mol. The van der Waals surface area contributed by atoms with Gasteiger partial charge in [-0.05, 0) is 36.9 Å². The maximum atomic E-state index is 4.39. The lowest BCUT2D eigenvalue weighted by atomic mass is 10.1. The zero-order valence-electron chi connectivity index (χ0n) is 11.9. The molecule has 6 heteroatoms. The van der Waals surface area contributed by atoms with Gasteiger partial charge in [-0.2, -0.15) is 0 Å². The van der Waals surface area contributed by atoms with Gasteiger partial charge < -0.3 is 5.32 Å². The third kappa shape index (κ3) is 2.80. The number of pyridine rings is 1. The summed E-state index contributed by atoms with van der Waals surface area (Å²) in [6.45, 7) is 2.09. The highest BCUT2D eigenvalue weighted by Crippen LogP contribution is 2.15. The first kappa shape index (κ1) is 13.4. The molecule has 1 aromatic carbocycles. The van der Waals surface area contributed by atoms with Crippen molar-refractivity contribution in [3.05, 3.63) is 54.2 Å². The van der Waals surface area contributed by atoms with Crippen molar-refractivity contribution < 1.29 is 0 Å². The van der Waals surface area contributed by atoms with Crippen LogP contribution in [0, 0.1) is 0 Å². The van der Waals surface area contributed by atoms with Gasteiger partial charge in [0.2, 0.25) is 5.82 Å². The van der Waals surface area contributed by atoms with Crippen LogP contribution in [-0.4, -0.2) is 32.2 Å².